The van der Waals surface area contributed by atoms with Gasteiger partial charge in [0.25, 0.3) is 0 Å². The van der Waals surface area contributed by atoms with Crippen LogP contribution in [-0.4, -0.2) is 21.5 Å². The fraction of sp³-hybridized carbons (Fsp3) is 0.200. The molecular weight excluding hydrogens is 236 g/mol. The fourth-order valence-electron chi connectivity index (χ4n) is 2.17. The quantitative estimate of drug-likeness (QED) is 0.776. The first-order valence-corrected chi connectivity index (χ1v) is 6.49. The molecule has 0 aliphatic heterocycles. The molecule has 0 spiro atoms. The van der Waals surface area contributed by atoms with Crippen molar-refractivity contribution in [2.45, 2.75) is 13.5 Å². The zero-order valence-corrected chi connectivity index (χ0v) is 10.9. The number of hydrogen-bond acceptors (Lipinski definition) is 3. The first kappa shape index (κ1) is 11.9. The smallest absolute Gasteiger partial charge is 0.113 e. The van der Waals surface area contributed by atoms with Crippen molar-refractivity contribution in [3.8, 4) is 5.69 Å². The van der Waals surface area contributed by atoms with Gasteiger partial charge in [-0.3, -0.25) is 0 Å². The minimum Gasteiger partial charge on any atom is -0.313 e. The third-order valence-electron chi connectivity index (χ3n) is 3.14. The van der Waals surface area contributed by atoms with E-state index in [0.29, 0.717) is 0 Å². The predicted molar refractivity (Wildman–Crippen MR) is 76.2 cm³/mol. The SMILES string of the molecule is CCNCc1ccccc1-n1nnc2ccccc21. The molecule has 0 saturated carbocycles. The maximum atomic E-state index is 4.27. The summed E-state index contributed by atoms with van der Waals surface area (Å²) in [6.45, 7) is 3.89. The molecular formula is C15H16N4. The van der Waals surface area contributed by atoms with Gasteiger partial charge in [-0.1, -0.05) is 42.5 Å². The molecule has 0 radical (unpaired) electrons. The maximum absolute atomic E-state index is 4.27. The highest BCUT2D eigenvalue weighted by atomic mass is 15.4. The second kappa shape index (κ2) is 5.20. The molecule has 4 nitrogen and oxygen atoms in total. The van der Waals surface area contributed by atoms with Crippen LogP contribution in [0.1, 0.15) is 12.5 Å². The average molecular weight is 252 g/mol. The van der Waals surface area contributed by atoms with Gasteiger partial charge in [0.2, 0.25) is 0 Å². The van der Waals surface area contributed by atoms with E-state index in [9.17, 15) is 0 Å². The molecule has 0 bridgehead atoms. The monoisotopic (exact) mass is 252 g/mol. The second-order valence-electron chi connectivity index (χ2n) is 4.40. The van der Waals surface area contributed by atoms with Crippen molar-refractivity contribution in [1.82, 2.24) is 20.3 Å². The summed E-state index contributed by atoms with van der Waals surface area (Å²) in [5.41, 5.74) is 4.25. The van der Waals surface area contributed by atoms with E-state index < -0.39 is 0 Å². The zero-order chi connectivity index (χ0) is 13.1. The van der Waals surface area contributed by atoms with Crippen molar-refractivity contribution in [3.05, 3.63) is 54.1 Å². The van der Waals surface area contributed by atoms with Crippen LogP contribution in [-0.2, 0) is 6.54 Å². The van der Waals surface area contributed by atoms with E-state index in [2.05, 4.69) is 40.8 Å². The molecule has 19 heavy (non-hydrogen) atoms. The Morgan fingerprint density at radius 2 is 1.84 bits per heavy atom. The lowest BCUT2D eigenvalue weighted by Crippen LogP contribution is -2.14. The molecule has 0 aliphatic carbocycles. The van der Waals surface area contributed by atoms with Gasteiger partial charge >= 0.3 is 0 Å². The van der Waals surface area contributed by atoms with Crippen LogP contribution in [0.3, 0.4) is 0 Å². The molecule has 4 heteroatoms. The minimum atomic E-state index is 0.834. The number of aromatic nitrogens is 3. The maximum Gasteiger partial charge on any atom is 0.113 e. The van der Waals surface area contributed by atoms with Gasteiger partial charge in [-0.25, -0.2) is 4.68 Å². The Kier molecular flexibility index (Phi) is 3.25. The Morgan fingerprint density at radius 1 is 1.05 bits per heavy atom. The van der Waals surface area contributed by atoms with Crippen LogP contribution in [0.4, 0.5) is 0 Å². The summed E-state index contributed by atoms with van der Waals surface area (Å²) < 4.78 is 1.90. The van der Waals surface area contributed by atoms with Gasteiger partial charge in [0.05, 0.1) is 11.2 Å². The molecule has 2 aromatic carbocycles. The normalized spacial score (nSPS) is 11.0. The summed E-state index contributed by atoms with van der Waals surface area (Å²) in [7, 11) is 0. The largest absolute Gasteiger partial charge is 0.313 e. The van der Waals surface area contributed by atoms with Gasteiger partial charge in [0, 0.05) is 6.54 Å². The fourth-order valence-corrected chi connectivity index (χ4v) is 2.17. The molecule has 0 atom stereocenters. The highest BCUT2D eigenvalue weighted by Gasteiger charge is 2.09. The molecule has 0 saturated heterocycles. The summed E-state index contributed by atoms with van der Waals surface area (Å²) in [6, 6.07) is 16.3. The lowest BCUT2D eigenvalue weighted by atomic mass is 10.1. The molecule has 1 heterocycles. The van der Waals surface area contributed by atoms with Gasteiger partial charge in [-0.05, 0) is 30.3 Å². The number of nitrogens with zero attached hydrogens (tertiary/aromatic N) is 3. The van der Waals surface area contributed by atoms with E-state index in [0.717, 1.165) is 29.8 Å². The third-order valence-corrected chi connectivity index (χ3v) is 3.14. The highest BCUT2D eigenvalue weighted by Crippen LogP contribution is 2.19. The predicted octanol–water partition coefficient (Wildman–Crippen LogP) is 2.53. The van der Waals surface area contributed by atoms with Crippen molar-refractivity contribution < 1.29 is 0 Å². The lowest BCUT2D eigenvalue weighted by molar-refractivity contribution is 0.714. The van der Waals surface area contributed by atoms with E-state index in [1.807, 2.05) is 35.0 Å². The molecule has 3 aromatic rings. The second-order valence-corrected chi connectivity index (χ2v) is 4.40. The van der Waals surface area contributed by atoms with Crippen LogP contribution in [0.5, 0.6) is 0 Å². The van der Waals surface area contributed by atoms with E-state index in [1.165, 1.54) is 5.56 Å². The molecule has 1 N–H and O–H groups in total. The van der Waals surface area contributed by atoms with Crippen molar-refractivity contribution in [3.63, 3.8) is 0 Å². The number of nitrogens with one attached hydrogen (secondary N) is 1. The molecule has 0 unspecified atom stereocenters. The number of benzene rings is 2. The summed E-state index contributed by atoms with van der Waals surface area (Å²) in [5, 5.41) is 11.8. The molecule has 96 valence electrons. The Bertz CT molecular complexity index is 687. The number of para-hydroxylation sites is 2. The van der Waals surface area contributed by atoms with E-state index in [-0.39, 0.29) is 0 Å². The number of fused-ring (bicyclic) bond motifs is 1. The van der Waals surface area contributed by atoms with E-state index in [4.69, 9.17) is 0 Å². The summed E-state index contributed by atoms with van der Waals surface area (Å²) >= 11 is 0. The standard InChI is InChI=1S/C15H16N4/c1-2-16-11-12-7-3-5-9-14(12)19-15-10-6-4-8-13(15)17-18-19/h3-10,16H,2,11H2,1H3. The average Bonchev–Trinajstić information content (AvgIpc) is 2.89. The topological polar surface area (TPSA) is 42.7 Å². The zero-order valence-electron chi connectivity index (χ0n) is 10.9. The van der Waals surface area contributed by atoms with E-state index in [1.54, 1.807) is 0 Å². The summed E-state index contributed by atoms with van der Waals surface area (Å²) in [5.74, 6) is 0. The van der Waals surface area contributed by atoms with Crippen LogP contribution in [0, 0.1) is 0 Å². The van der Waals surface area contributed by atoms with Gasteiger partial charge in [0.15, 0.2) is 0 Å². The Hall–Kier alpha value is -2.20. The number of rotatable bonds is 4. The van der Waals surface area contributed by atoms with E-state index >= 15 is 0 Å². The van der Waals surface area contributed by atoms with Crippen molar-refractivity contribution in [1.29, 1.82) is 0 Å². The van der Waals surface area contributed by atoms with Crippen LogP contribution in [0.25, 0.3) is 16.7 Å². The van der Waals surface area contributed by atoms with Gasteiger partial charge in [-0.2, -0.15) is 0 Å². The Balaban J connectivity index is 2.11. The van der Waals surface area contributed by atoms with Gasteiger partial charge in [-0.15, -0.1) is 5.10 Å². The third kappa shape index (κ3) is 2.22. The van der Waals surface area contributed by atoms with Crippen molar-refractivity contribution in [2.24, 2.45) is 0 Å². The molecule has 3 rings (SSSR count). The molecule has 0 aliphatic rings. The molecule has 0 fully saturated rings. The van der Waals surface area contributed by atoms with Crippen molar-refractivity contribution >= 4 is 11.0 Å². The Morgan fingerprint density at radius 3 is 2.74 bits per heavy atom. The minimum absolute atomic E-state index is 0.834. The van der Waals surface area contributed by atoms with Crippen molar-refractivity contribution in [2.75, 3.05) is 6.54 Å². The van der Waals surface area contributed by atoms with Gasteiger partial charge in [0.1, 0.15) is 5.52 Å². The van der Waals surface area contributed by atoms with Crippen LogP contribution < -0.4 is 5.32 Å². The Labute approximate surface area is 112 Å². The van der Waals surface area contributed by atoms with Crippen LogP contribution in [0.2, 0.25) is 0 Å². The molecule has 0 amide bonds. The first-order chi connectivity index (χ1) is 9.40. The first-order valence-electron chi connectivity index (χ1n) is 6.49. The molecule has 1 aromatic heterocycles. The summed E-state index contributed by atoms with van der Waals surface area (Å²) in [4.78, 5) is 0. The summed E-state index contributed by atoms with van der Waals surface area (Å²) in [6.07, 6.45) is 0. The van der Waals surface area contributed by atoms with Crippen LogP contribution >= 0.6 is 0 Å². The van der Waals surface area contributed by atoms with Crippen LogP contribution in [0.15, 0.2) is 48.5 Å². The highest BCUT2D eigenvalue weighted by molar-refractivity contribution is 5.76. The van der Waals surface area contributed by atoms with Gasteiger partial charge < -0.3 is 5.32 Å². The number of hydrogen-bond donors (Lipinski definition) is 1. The lowest BCUT2D eigenvalue weighted by Gasteiger charge is -2.09.